The normalized spacial score (nSPS) is 10.4. The first kappa shape index (κ1) is 12.2. The van der Waals surface area contributed by atoms with Gasteiger partial charge in [0.25, 0.3) is 0 Å². The fraction of sp³-hybridized carbons (Fsp3) is 0.0714. The van der Waals surface area contributed by atoms with Gasteiger partial charge in [-0.05, 0) is 18.2 Å². The van der Waals surface area contributed by atoms with Crippen LogP contribution in [0.15, 0.2) is 42.6 Å². The Kier molecular flexibility index (Phi) is 3.04. The van der Waals surface area contributed by atoms with Gasteiger partial charge in [-0.25, -0.2) is 4.98 Å². The van der Waals surface area contributed by atoms with E-state index in [1.54, 1.807) is 6.20 Å². The second kappa shape index (κ2) is 5.00. The summed E-state index contributed by atoms with van der Waals surface area (Å²) in [6.07, 6.45) is 1.70. The van der Waals surface area contributed by atoms with Gasteiger partial charge in [0.05, 0.1) is 17.3 Å². The number of para-hydroxylation sites is 1. The van der Waals surface area contributed by atoms with Crippen molar-refractivity contribution in [3.05, 3.63) is 42.6 Å². The van der Waals surface area contributed by atoms with Gasteiger partial charge in [0.15, 0.2) is 5.65 Å². The summed E-state index contributed by atoms with van der Waals surface area (Å²) in [4.78, 5) is 15.4. The van der Waals surface area contributed by atoms with Crippen LogP contribution in [0.2, 0.25) is 0 Å². The highest BCUT2D eigenvalue weighted by Crippen LogP contribution is 2.24. The second-order valence-electron chi connectivity index (χ2n) is 4.37. The van der Waals surface area contributed by atoms with Crippen LogP contribution in [0.5, 0.6) is 0 Å². The molecule has 3 N–H and O–H groups in total. The van der Waals surface area contributed by atoms with Crippen LogP contribution in [0.3, 0.4) is 0 Å². The molecule has 1 aromatic carbocycles. The predicted octanol–water partition coefficient (Wildman–Crippen LogP) is 2.66. The van der Waals surface area contributed by atoms with E-state index >= 15 is 0 Å². The van der Waals surface area contributed by atoms with Crippen LogP contribution in [0.1, 0.15) is 6.92 Å². The lowest BCUT2D eigenvalue weighted by Gasteiger charge is -2.06. The van der Waals surface area contributed by atoms with Crippen molar-refractivity contribution in [2.45, 2.75) is 6.92 Å². The Balaban J connectivity index is 1.95. The fourth-order valence-corrected chi connectivity index (χ4v) is 1.93. The highest BCUT2D eigenvalue weighted by Gasteiger charge is 2.08. The molecule has 0 saturated carbocycles. The summed E-state index contributed by atoms with van der Waals surface area (Å²) in [5.74, 6) is 0.397. The molecule has 0 aliphatic rings. The Bertz CT molecular complexity index is 751. The number of aromatic nitrogens is 3. The molecule has 0 radical (unpaired) electrons. The number of amides is 1. The van der Waals surface area contributed by atoms with Gasteiger partial charge in [0.1, 0.15) is 5.82 Å². The van der Waals surface area contributed by atoms with Crippen molar-refractivity contribution in [3.63, 3.8) is 0 Å². The van der Waals surface area contributed by atoms with Gasteiger partial charge in [0.2, 0.25) is 5.91 Å². The summed E-state index contributed by atoms with van der Waals surface area (Å²) in [7, 11) is 0. The van der Waals surface area contributed by atoms with Gasteiger partial charge in [-0.1, -0.05) is 18.2 Å². The molecule has 100 valence electrons. The van der Waals surface area contributed by atoms with Gasteiger partial charge in [0, 0.05) is 12.6 Å². The molecule has 20 heavy (non-hydrogen) atoms. The van der Waals surface area contributed by atoms with Crippen molar-refractivity contribution in [3.8, 4) is 0 Å². The molecule has 0 bridgehead atoms. The summed E-state index contributed by atoms with van der Waals surface area (Å²) in [6, 6.07) is 11.7. The number of nitrogens with one attached hydrogen (secondary N) is 3. The average Bonchev–Trinajstić information content (AvgIpc) is 2.82. The first-order chi connectivity index (χ1) is 9.72. The number of anilines is 3. The summed E-state index contributed by atoms with van der Waals surface area (Å²) in [5, 5.41) is 13.5. The van der Waals surface area contributed by atoms with E-state index in [0.29, 0.717) is 11.5 Å². The van der Waals surface area contributed by atoms with Gasteiger partial charge in [-0.2, -0.15) is 5.10 Å². The minimum absolute atomic E-state index is 0.156. The molecule has 6 nitrogen and oxygen atoms in total. The Morgan fingerprint density at radius 2 is 2.00 bits per heavy atom. The third kappa shape index (κ3) is 2.44. The molecule has 0 aliphatic carbocycles. The molecule has 6 heteroatoms. The van der Waals surface area contributed by atoms with E-state index in [9.17, 15) is 4.79 Å². The average molecular weight is 267 g/mol. The molecule has 0 spiro atoms. The van der Waals surface area contributed by atoms with Crippen molar-refractivity contribution >= 4 is 34.1 Å². The SMILES string of the molecule is CC(=O)Nc1[nH]nc2ncc(Nc3ccccc3)cc12. The minimum Gasteiger partial charge on any atom is -0.354 e. The van der Waals surface area contributed by atoms with E-state index in [1.807, 2.05) is 36.4 Å². The lowest BCUT2D eigenvalue weighted by molar-refractivity contribution is -0.114. The van der Waals surface area contributed by atoms with Gasteiger partial charge >= 0.3 is 0 Å². The highest BCUT2D eigenvalue weighted by atomic mass is 16.1. The van der Waals surface area contributed by atoms with E-state index in [4.69, 9.17) is 0 Å². The fourth-order valence-electron chi connectivity index (χ4n) is 1.93. The standard InChI is InChI=1S/C14H13N5O/c1-9(20)16-14-12-7-11(8-15-13(12)18-19-14)17-10-5-3-2-4-6-10/h2-8,17H,1H3,(H2,15,16,18,19,20). The van der Waals surface area contributed by atoms with Gasteiger partial charge < -0.3 is 10.6 Å². The number of carbonyl (C=O) groups excluding carboxylic acids is 1. The third-order valence-corrected chi connectivity index (χ3v) is 2.77. The Hall–Kier alpha value is -2.89. The molecule has 3 aromatic rings. The number of hydrogen-bond donors (Lipinski definition) is 3. The molecular weight excluding hydrogens is 254 g/mol. The topological polar surface area (TPSA) is 82.7 Å². The highest BCUT2D eigenvalue weighted by molar-refractivity contribution is 5.98. The molecule has 0 saturated heterocycles. The first-order valence-corrected chi connectivity index (χ1v) is 6.16. The van der Waals surface area contributed by atoms with Crippen molar-refractivity contribution in [2.75, 3.05) is 10.6 Å². The number of rotatable bonds is 3. The number of carbonyl (C=O) groups is 1. The van der Waals surface area contributed by atoms with Crippen LogP contribution >= 0.6 is 0 Å². The van der Waals surface area contributed by atoms with Gasteiger partial charge in [-0.15, -0.1) is 0 Å². The molecule has 1 amide bonds. The number of H-pyrrole nitrogens is 1. The monoisotopic (exact) mass is 267 g/mol. The molecular formula is C14H13N5O. The Morgan fingerprint density at radius 1 is 1.20 bits per heavy atom. The molecule has 2 heterocycles. The van der Waals surface area contributed by atoms with Crippen molar-refractivity contribution < 1.29 is 4.79 Å². The zero-order chi connectivity index (χ0) is 13.9. The van der Waals surface area contributed by atoms with E-state index in [-0.39, 0.29) is 5.91 Å². The van der Waals surface area contributed by atoms with Crippen LogP contribution in [-0.4, -0.2) is 21.1 Å². The van der Waals surface area contributed by atoms with Crippen LogP contribution in [-0.2, 0) is 4.79 Å². The van der Waals surface area contributed by atoms with Crippen molar-refractivity contribution in [1.29, 1.82) is 0 Å². The van der Waals surface area contributed by atoms with E-state index in [1.165, 1.54) is 6.92 Å². The molecule has 0 aliphatic heterocycles. The zero-order valence-corrected chi connectivity index (χ0v) is 10.8. The smallest absolute Gasteiger partial charge is 0.222 e. The maximum absolute atomic E-state index is 11.1. The Morgan fingerprint density at radius 3 is 2.75 bits per heavy atom. The first-order valence-electron chi connectivity index (χ1n) is 6.16. The summed E-state index contributed by atoms with van der Waals surface area (Å²) in [6.45, 7) is 1.45. The molecule has 0 fully saturated rings. The zero-order valence-electron chi connectivity index (χ0n) is 10.8. The van der Waals surface area contributed by atoms with Crippen molar-refractivity contribution in [2.24, 2.45) is 0 Å². The van der Waals surface area contributed by atoms with Crippen molar-refractivity contribution in [1.82, 2.24) is 15.2 Å². The lowest BCUT2D eigenvalue weighted by atomic mass is 10.2. The van der Waals surface area contributed by atoms with Crippen LogP contribution in [0.4, 0.5) is 17.2 Å². The quantitative estimate of drug-likeness (QED) is 0.681. The van der Waals surface area contributed by atoms with Crippen LogP contribution < -0.4 is 10.6 Å². The number of aromatic amines is 1. The lowest BCUT2D eigenvalue weighted by Crippen LogP contribution is -2.06. The minimum atomic E-state index is -0.156. The second-order valence-corrected chi connectivity index (χ2v) is 4.37. The van der Waals surface area contributed by atoms with Gasteiger partial charge in [-0.3, -0.25) is 9.89 Å². The van der Waals surface area contributed by atoms with Crippen LogP contribution in [0.25, 0.3) is 11.0 Å². The third-order valence-electron chi connectivity index (χ3n) is 2.77. The number of nitrogens with zero attached hydrogens (tertiary/aromatic N) is 2. The predicted molar refractivity (Wildman–Crippen MR) is 77.9 cm³/mol. The number of pyridine rings is 1. The van der Waals surface area contributed by atoms with Crippen LogP contribution in [0, 0.1) is 0 Å². The van der Waals surface area contributed by atoms with E-state index in [0.717, 1.165) is 16.8 Å². The number of benzene rings is 1. The Labute approximate surface area is 115 Å². The largest absolute Gasteiger partial charge is 0.354 e. The molecule has 3 rings (SSSR count). The molecule has 0 unspecified atom stereocenters. The maximum Gasteiger partial charge on any atom is 0.222 e. The number of fused-ring (bicyclic) bond motifs is 1. The molecule has 2 aromatic heterocycles. The number of hydrogen-bond acceptors (Lipinski definition) is 4. The summed E-state index contributed by atoms with van der Waals surface area (Å²) in [5.41, 5.74) is 2.36. The maximum atomic E-state index is 11.1. The summed E-state index contributed by atoms with van der Waals surface area (Å²) >= 11 is 0. The summed E-state index contributed by atoms with van der Waals surface area (Å²) < 4.78 is 0. The van der Waals surface area contributed by atoms with E-state index in [2.05, 4.69) is 25.8 Å². The molecule has 0 atom stereocenters. The van der Waals surface area contributed by atoms with E-state index < -0.39 is 0 Å².